The van der Waals surface area contributed by atoms with Gasteiger partial charge < -0.3 is 25.2 Å². The molecule has 0 atom stereocenters. The van der Waals surface area contributed by atoms with Crippen molar-refractivity contribution in [3.8, 4) is 11.3 Å². The fourth-order valence-electron chi connectivity index (χ4n) is 2.46. The van der Waals surface area contributed by atoms with Crippen molar-refractivity contribution in [2.45, 2.75) is 0 Å². The fraction of sp³-hybridized carbons (Fsp3) is 0.0476. The lowest BCUT2D eigenvalue weighted by molar-refractivity contribution is -0.136. The fourth-order valence-corrected chi connectivity index (χ4v) is 2.46. The Hall–Kier alpha value is -4.47. The molecule has 10 heteroatoms. The molecule has 0 fully saturated rings. The molecule has 0 saturated carbocycles. The number of para-hydroxylation sites is 1. The molecule has 3 aromatic rings. The molecular formula is C21H17FN4O5. The van der Waals surface area contributed by atoms with Crippen LogP contribution in [-0.4, -0.2) is 30.2 Å². The Kier molecular flexibility index (Phi) is 6.41. The first kappa shape index (κ1) is 21.2. The first-order valence-corrected chi connectivity index (χ1v) is 8.85. The van der Waals surface area contributed by atoms with Gasteiger partial charge in [-0.15, -0.1) is 0 Å². The molecule has 1 aromatic heterocycles. The molecule has 1 heterocycles. The van der Waals surface area contributed by atoms with E-state index in [0.29, 0.717) is 16.9 Å². The second-order valence-corrected chi connectivity index (χ2v) is 6.14. The number of rotatable bonds is 6. The molecule has 0 saturated heterocycles. The van der Waals surface area contributed by atoms with E-state index < -0.39 is 23.7 Å². The van der Waals surface area contributed by atoms with E-state index in [9.17, 15) is 18.8 Å². The van der Waals surface area contributed by atoms with Crippen LogP contribution in [0.3, 0.4) is 0 Å². The number of nitrogens with one attached hydrogen (secondary N) is 3. The summed E-state index contributed by atoms with van der Waals surface area (Å²) in [5.41, 5.74) is 1.23. The van der Waals surface area contributed by atoms with E-state index in [1.54, 1.807) is 30.3 Å². The van der Waals surface area contributed by atoms with Crippen molar-refractivity contribution >= 4 is 29.3 Å². The van der Waals surface area contributed by atoms with Crippen LogP contribution in [0.4, 0.5) is 20.6 Å². The summed E-state index contributed by atoms with van der Waals surface area (Å²) in [4.78, 5) is 35.4. The summed E-state index contributed by atoms with van der Waals surface area (Å²) in [5.74, 6) is -2.17. The predicted octanol–water partition coefficient (Wildman–Crippen LogP) is 3.54. The van der Waals surface area contributed by atoms with Crippen molar-refractivity contribution in [1.29, 1.82) is 0 Å². The zero-order valence-corrected chi connectivity index (χ0v) is 16.3. The van der Waals surface area contributed by atoms with Gasteiger partial charge in [0.15, 0.2) is 0 Å². The van der Waals surface area contributed by atoms with Crippen molar-refractivity contribution in [3.63, 3.8) is 0 Å². The maximum Gasteiger partial charge on any atom is 0.353 e. The summed E-state index contributed by atoms with van der Waals surface area (Å²) < 4.78 is 23.0. The Bertz CT molecular complexity index is 1140. The molecule has 9 nitrogen and oxygen atoms in total. The number of halogens is 1. The molecule has 0 aliphatic heterocycles. The molecule has 3 rings (SSSR count). The number of hydrogen-bond acceptors (Lipinski definition) is 6. The van der Waals surface area contributed by atoms with Crippen LogP contribution in [0, 0.1) is 5.82 Å². The van der Waals surface area contributed by atoms with E-state index in [2.05, 4.69) is 32.4 Å². The first-order valence-electron chi connectivity index (χ1n) is 8.85. The second kappa shape index (κ2) is 9.35. The van der Waals surface area contributed by atoms with Crippen molar-refractivity contribution < 1.29 is 28.0 Å². The number of methoxy groups -OCH3 is 1. The van der Waals surface area contributed by atoms with Gasteiger partial charge in [-0.2, -0.15) is 0 Å². The zero-order chi connectivity index (χ0) is 22.4. The number of carbonyl (C=O) groups is 3. The third-order valence-corrected chi connectivity index (χ3v) is 3.99. The first-order chi connectivity index (χ1) is 14.9. The maximum absolute atomic E-state index is 13.6. The molecule has 0 aliphatic carbocycles. The number of benzene rings is 2. The van der Waals surface area contributed by atoms with Crippen LogP contribution in [0.1, 0.15) is 10.6 Å². The smallest absolute Gasteiger partial charge is 0.353 e. The summed E-state index contributed by atoms with van der Waals surface area (Å²) in [6, 6.07) is 13.1. The molecule has 158 valence electrons. The lowest BCUT2D eigenvalue weighted by atomic mass is 10.1. The van der Waals surface area contributed by atoms with Crippen molar-refractivity contribution in [3.05, 3.63) is 78.5 Å². The Morgan fingerprint density at radius 3 is 2.45 bits per heavy atom. The van der Waals surface area contributed by atoms with E-state index in [1.807, 2.05) is 0 Å². The monoisotopic (exact) mass is 424 g/mol. The van der Waals surface area contributed by atoms with E-state index in [0.717, 1.165) is 7.11 Å². The summed E-state index contributed by atoms with van der Waals surface area (Å²) >= 11 is 0. The third kappa shape index (κ3) is 5.32. The molecule has 0 radical (unpaired) electrons. The molecule has 3 N–H and O–H groups in total. The minimum Gasteiger partial charge on any atom is -0.464 e. The van der Waals surface area contributed by atoms with Gasteiger partial charge in [-0.05, 0) is 24.3 Å². The van der Waals surface area contributed by atoms with Gasteiger partial charge in [0, 0.05) is 17.3 Å². The van der Waals surface area contributed by atoms with E-state index >= 15 is 0 Å². The van der Waals surface area contributed by atoms with Gasteiger partial charge in [0.05, 0.1) is 12.8 Å². The Morgan fingerprint density at radius 1 is 1.06 bits per heavy atom. The van der Waals surface area contributed by atoms with Crippen molar-refractivity contribution in [2.24, 2.45) is 0 Å². The number of anilines is 2. The van der Waals surface area contributed by atoms with Crippen LogP contribution in [0.15, 0.2) is 71.4 Å². The van der Waals surface area contributed by atoms with Gasteiger partial charge in [0.25, 0.3) is 5.91 Å². The number of hydrogen-bond donors (Lipinski definition) is 3. The van der Waals surface area contributed by atoms with Gasteiger partial charge in [-0.3, -0.25) is 4.79 Å². The molecular weight excluding hydrogens is 407 g/mol. The van der Waals surface area contributed by atoms with E-state index in [4.69, 9.17) is 4.52 Å². The Morgan fingerprint density at radius 2 is 1.77 bits per heavy atom. The molecule has 0 bridgehead atoms. The highest BCUT2D eigenvalue weighted by Gasteiger charge is 2.17. The van der Waals surface area contributed by atoms with Crippen LogP contribution in [0.2, 0.25) is 0 Å². The van der Waals surface area contributed by atoms with Gasteiger partial charge in [-0.1, -0.05) is 36.0 Å². The lowest BCUT2D eigenvalue weighted by Crippen LogP contribution is -2.26. The normalized spacial score (nSPS) is 10.1. The van der Waals surface area contributed by atoms with Crippen LogP contribution in [0.25, 0.3) is 11.3 Å². The standard InChI is InChI=1S/C21H17FN4O5/c1-12(20(28)30-2)23-19(27)18-11-17(26-31-18)13-7-9-14(10-8-13)24-21(29)25-16-6-4-3-5-15(16)22/h3-11H,1H2,2H3,(H,23,27)(H2,24,25,29). The van der Waals surface area contributed by atoms with Gasteiger partial charge >= 0.3 is 12.0 Å². The van der Waals surface area contributed by atoms with Crippen LogP contribution in [0.5, 0.6) is 0 Å². The van der Waals surface area contributed by atoms with E-state index in [1.165, 1.54) is 24.3 Å². The molecule has 31 heavy (non-hydrogen) atoms. The second-order valence-electron chi connectivity index (χ2n) is 6.14. The number of nitrogens with zero attached hydrogens (tertiary/aromatic N) is 1. The lowest BCUT2D eigenvalue weighted by Gasteiger charge is -2.08. The summed E-state index contributed by atoms with van der Waals surface area (Å²) in [7, 11) is 1.16. The molecule has 0 unspecified atom stereocenters. The number of ether oxygens (including phenoxy) is 1. The highest BCUT2D eigenvalue weighted by atomic mass is 19.1. The van der Waals surface area contributed by atoms with Gasteiger partial charge in [0.2, 0.25) is 5.76 Å². The largest absolute Gasteiger partial charge is 0.464 e. The SMILES string of the molecule is C=C(NC(=O)c1cc(-c2ccc(NC(=O)Nc3ccccc3F)cc2)no1)C(=O)OC. The minimum absolute atomic E-state index is 0.0555. The number of urea groups is 1. The summed E-state index contributed by atoms with van der Waals surface area (Å²) in [5, 5.41) is 11.0. The Labute approximate surface area is 175 Å². The van der Waals surface area contributed by atoms with Gasteiger partial charge in [0.1, 0.15) is 17.2 Å². The predicted molar refractivity (Wildman–Crippen MR) is 110 cm³/mol. The zero-order valence-electron chi connectivity index (χ0n) is 16.3. The number of amides is 3. The minimum atomic E-state index is -0.782. The number of carbonyl (C=O) groups excluding carboxylic acids is 3. The Balaban J connectivity index is 1.62. The quantitative estimate of drug-likeness (QED) is 0.411. The summed E-state index contributed by atoms with van der Waals surface area (Å²) in [6.07, 6.45) is 0. The molecule has 0 spiro atoms. The highest BCUT2D eigenvalue weighted by Crippen LogP contribution is 2.22. The average Bonchev–Trinajstić information content (AvgIpc) is 3.25. The maximum atomic E-state index is 13.6. The molecule has 3 amide bonds. The third-order valence-electron chi connectivity index (χ3n) is 3.99. The van der Waals surface area contributed by atoms with E-state index in [-0.39, 0.29) is 17.1 Å². The molecule has 2 aromatic carbocycles. The van der Waals surface area contributed by atoms with Crippen molar-refractivity contribution in [1.82, 2.24) is 10.5 Å². The van der Waals surface area contributed by atoms with Crippen LogP contribution >= 0.6 is 0 Å². The van der Waals surface area contributed by atoms with Crippen LogP contribution < -0.4 is 16.0 Å². The summed E-state index contributed by atoms with van der Waals surface area (Å²) in [6.45, 7) is 3.39. The highest BCUT2D eigenvalue weighted by molar-refractivity contribution is 6.00. The van der Waals surface area contributed by atoms with Gasteiger partial charge in [-0.25, -0.2) is 14.0 Å². The molecule has 0 aliphatic rings. The average molecular weight is 424 g/mol. The van der Waals surface area contributed by atoms with Crippen molar-refractivity contribution in [2.75, 3.05) is 17.7 Å². The topological polar surface area (TPSA) is 123 Å². The number of aromatic nitrogens is 1. The van der Waals surface area contributed by atoms with Crippen LogP contribution in [-0.2, 0) is 9.53 Å². The number of esters is 1.